The molecule has 0 aliphatic heterocycles. The molecule has 0 atom stereocenters. The van der Waals surface area contributed by atoms with Gasteiger partial charge in [0.25, 0.3) is 0 Å². The molecule has 1 aliphatic carbocycles. The van der Waals surface area contributed by atoms with Gasteiger partial charge in [-0.2, -0.15) is 0 Å². The topological polar surface area (TPSA) is 158 Å². The van der Waals surface area contributed by atoms with Gasteiger partial charge in [0.15, 0.2) is 73.4 Å². The van der Waals surface area contributed by atoms with E-state index in [1.54, 1.807) is 72.8 Å². The molecule has 10 nitrogen and oxygen atoms in total. The number of aromatic hydroxyl groups is 6. The van der Waals surface area contributed by atoms with Crippen LogP contribution >= 0.6 is 0 Å². The SMILES string of the molecule is CC(C)(C)Oc1ccc([S+](c2ccc(OC(C)(C)C)cc2)c2ccc(OC(C)(C)C)cc2)cc1.Oc1ccc([S+](c2ccc(O)cc2)c2ccc(O)cc2)cc1.Oc1ccc([S+](c2ccccc2)c2ccc(O)cc2)cc1.Oc1ccc([S+](c2ccccc2)c2ccccc2)cc1.c1ccc([S+](c2ccccc2)c2ccc(OC3CCCC3)cc2)cc1. The van der Waals surface area contributed by atoms with E-state index in [0.717, 1.165) is 47.5 Å². The Kier molecular flexibility index (Phi) is 31.5. The molecule has 0 saturated heterocycles. The zero-order valence-electron chi connectivity index (χ0n) is 70.3. The van der Waals surface area contributed by atoms with Crippen LogP contribution in [0.25, 0.3) is 0 Å². The average molecular weight is 1710 g/mol. The van der Waals surface area contributed by atoms with Gasteiger partial charge in [-0.15, -0.1) is 0 Å². The molecule has 0 amide bonds. The summed E-state index contributed by atoms with van der Waals surface area (Å²) < 4.78 is 24.3. The minimum absolute atomic E-state index is 0.0824. The summed E-state index contributed by atoms with van der Waals surface area (Å²) in [7, 11) is -1.12. The van der Waals surface area contributed by atoms with E-state index in [4.69, 9.17) is 18.9 Å². The van der Waals surface area contributed by atoms with Gasteiger partial charge >= 0.3 is 0 Å². The fourth-order valence-corrected chi connectivity index (χ4v) is 23.5. The van der Waals surface area contributed by atoms with Gasteiger partial charge in [0.05, 0.1) is 60.6 Å². The van der Waals surface area contributed by atoms with E-state index in [-0.39, 0.29) is 100 Å². The Hall–Kier alpha value is -12.0. The van der Waals surface area contributed by atoms with Crippen molar-refractivity contribution in [3.8, 4) is 57.5 Å². The van der Waals surface area contributed by atoms with Crippen LogP contribution in [0.4, 0.5) is 0 Å². The summed E-state index contributed by atoms with van der Waals surface area (Å²) in [5.41, 5.74) is -0.682. The molecule has 1 saturated carbocycles. The third kappa shape index (κ3) is 27.0. The molecule has 620 valence electrons. The molecule has 0 heterocycles. The summed E-state index contributed by atoms with van der Waals surface area (Å²) in [6, 6.07) is 130. The maximum Gasteiger partial charge on any atom is 0.166 e. The van der Waals surface area contributed by atoms with E-state index < -0.39 is 0 Å². The first-order valence-corrected chi connectivity index (χ1v) is 46.8. The van der Waals surface area contributed by atoms with Crippen LogP contribution in [0.5, 0.6) is 57.5 Å². The highest BCUT2D eigenvalue weighted by atomic mass is 32.2. The standard InChI is InChI=1S/C30H39O3S.C23H23OS.C18H14O3S.C18H14O2S.C18H14OS/c1-28(2,3)31-22-10-16-25(17-11-22)34(26-18-12-23(13-19-26)32-29(4,5)6)27-20-14-24(15-21-27)33-30(7,8)9;1-3-11-21(12-4-1)25(22-13-5-2-6-14-22)23-17-15-20(16-18-23)24-19-9-7-8-10-19;19-13-1-7-16(8-2-13)22(17-9-3-14(20)4-10-17)18-11-5-15(21)6-12-18;19-14-6-10-17(11-7-14)21(16-4-2-1-3-5-16)18-12-8-15(20)9-13-18;19-15-11-13-18(14-12-15)20(16-7-3-1-4-8-16)17-9-5-2-6-10-17/h10-21H,1-9H3;1-6,11-19H,7-10H2;1-12H,(H2-,19,20,21);1-13H,(H-,19,20);1-14H/q2*+1;;;/p+3. The molecule has 1 fully saturated rings. The highest BCUT2D eigenvalue weighted by molar-refractivity contribution is 7.98. The molecule has 0 spiro atoms. The summed E-state index contributed by atoms with van der Waals surface area (Å²) >= 11 is 0. The molecule has 0 unspecified atom stereocenters. The lowest BCUT2D eigenvalue weighted by Gasteiger charge is -2.22. The van der Waals surface area contributed by atoms with Crippen molar-refractivity contribution >= 4 is 54.5 Å². The normalized spacial score (nSPS) is 12.0. The minimum atomic E-state index is -0.373. The van der Waals surface area contributed by atoms with Crippen molar-refractivity contribution < 1.29 is 49.6 Å². The van der Waals surface area contributed by atoms with Crippen molar-refractivity contribution in [1.29, 1.82) is 0 Å². The third-order valence-electron chi connectivity index (χ3n) is 18.4. The van der Waals surface area contributed by atoms with Gasteiger partial charge in [-0.25, -0.2) is 0 Å². The van der Waals surface area contributed by atoms with Crippen molar-refractivity contribution in [2.45, 2.75) is 184 Å². The molecule has 122 heavy (non-hydrogen) atoms. The van der Waals surface area contributed by atoms with Crippen LogP contribution in [-0.2, 0) is 54.5 Å². The van der Waals surface area contributed by atoms with Gasteiger partial charge in [-0.05, 0) is 391 Å². The number of hydrogen-bond acceptors (Lipinski definition) is 10. The molecule has 0 bridgehead atoms. The minimum Gasteiger partial charge on any atom is -0.508 e. The Morgan fingerprint density at radius 3 is 0.484 bits per heavy atom. The quantitative estimate of drug-likeness (QED) is 0.0406. The molecular formula is C107H107O10S5+5. The summed E-state index contributed by atoms with van der Waals surface area (Å²) in [5, 5.41) is 56.9. The lowest BCUT2D eigenvalue weighted by Crippen LogP contribution is -2.23. The lowest BCUT2D eigenvalue weighted by molar-refractivity contribution is 0.130. The van der Waals surface area contributed by atoms with Crippen molar-refractivity contribution in [3.05, 3.63) is 394 Å². The Morgan fingerprint density at radius 2 is 0.328 bits per heavy atom. The van der Waals surface area contributed by atoms with Crippen molar-refractivity contribution in [2.24, 2.45) is 0 Å². The number of ether oxygens (including phenoxy) is 4. The van der Waals surface area contributed by atoms with Crippen molar-refractivity contribution in [2.75, 3.05) is 0 Å². The molecular weight excluding hydrogens is 1610 g/mol. The molecule has 6 N–H and O–H groups in total. The second kappa shape index (κ2) is 43.0. The van der Waals surface area contributed by atoms with Gasteiger partial charge in [-0.1, -0.05) is 91.0 Å². The second-order valence-corrected chi connectivity index (χ2v) is 41.7. The smallest absolute Gasteiger partial charge is 0.166 e. The summed E-state index contributed by atoms with van der Waals surface area (Å²) in [6.45, 7) is 18.6. The van der Waals surface area contributed by atoms with Gasteiger partial charge < -0.3 is 49.6 Å². The molecule has 15 aromatic carbocycles. The van der Waals surface area contributed by atoms with E-state index in [0.29, 0.717) is 11.9 Å². The molecule has 0 radical (unpaired) electrons. The zero-order valence-corrected chi connectivity index (χ0v) is 74.4. The van der Waals surface area contributed by atoms with E-state index in [2.05, 4.69) is 281 Å². The molecule has 1 aliphatic rings. The van der Waals surface area contributed by atoms with Crippen molar-refractivity contribution in [1.82, 2.24) is 0 Å². The predicted molar refractivity (Wildman–Crippen MR) is 501 cm³/mol. The van der Waals surface area contributed by atoms with Crippen LogP contribution < -0.4 is 18.9 Å². The summed E-state index contributed by atoms with van der Waals surface area (Å²) in [6.07, 6.45) is 5.40. The number of rotatable bonds is 20. The number of hydrogen-bond donors (Lipinski definition) is 6. The summed E-state index contributed by atoms with van der Waals surface area (Å²) in [4.78, 5) is 18.1. The van der Waals surface area contributed by atoms with Crippen LogP contribution in [0, 0.1) is 0 Å². The van der Waals surface area contributed by atoms with Crippen LogP contribution in [-0.4, -0.2) is 53.5 Å². The first-order chi connectivity index (χ1) is 58.8. The second-order valence-electron chi connectivity index (χ2n) is 31.6. The Bertz CT molecular complexity index is 5210. The third-order valence-corrected chi connectivity index (χ3v) is 29.6. The molecule has 0 aromatic heterocycles. The van der Waals surface area contributed by atoms with Gasteiger partial charge in [0, 0.05) is 0 Å². The van der Waals surface area contributed by atoms with Gasteiger partial charge in [-0.3, -0.25) is 0 Å². The van der Waals surface area contributed by atoms with Gasteiger partial charge in [0.1, 0.15) is 74.3 Å². The zero-order chi connectivity index (χ0) is 86.0. The van der Waals surface area contributed by atoms with E-state index in [1.807, 2.05) is 103 Å². The molecule has 16 rings (SSSR count). The highest BCUT2D eigenvalue weighted by Crippen LogP contribution is 2.40. The maximum atomic E-state index is 9.49. The first-order valence-electron chi connectivity index (χ1n) is 40.7. The lowest BCUT2D eigenvalue weighted by atomic mass is 10.2. The van der Waals surface area contributed by atoms with Crippen molar-refractivity contribution in [3.63, 3.8) is 0 Å². The Morgan fingerprint density at radius 1 is 0.189 bits per heavy atom. The number of benzene rings is 15. The van der Waals surface area contributed by atoms with E-state index >= 15 is 0 Å². The fraction of sp³-hybridized carbons (Fsp3) is 0.159. The molecule has 15 aromatic rings. The largest absolute Gasteiger partial charge is 0.508 e. The monoisotopic (exact) mass is 1710 g/mol. The summed E-state index contributed by atoms with van der Waals surface area (Å²) in [5.74, 6) is 5.14. The average Bonchev–Trinajstić information content (AvgIpc) is 0.885. The Balaban J connectivity index is 0.000000141. The predicted octanol–water partition coefficient (Wildman–Crippen LogP) is 27.0. The van der Waals surface area contributed by atoms with Crippen LogP contribution in [0.3, 0.4) is 0 Å². The van der Waals surface area contributed by atoms with E-state index in [9.17, 15) is 30.6 Å². The van der Waals surface area contributed by atoms with E-state index in [1.165, 1.54) is 74.6 Å². The molecule has 15 heteroatoms. The fourth-order valence-electron chi connectivity index (χ4n) is 13.2. The van der Waals surface area contributed by atoms with Crippen LogP contribution in [0.15, 0.2) is 468 Å². The first kappa shape index (κ1) is 89.3. The number of phenols is 6. The Labute approximate surface area is 734 Å². The van der Waals surface area contributed by atoms with Crippen LogP contribution in [0.2, 0.25) is 0 Å². The maximum absolute atomic E-state index is 9.49. The highest BCUT2D eigenvalue weighted by Gasteiger charge is 2.35. The van der Waals surface area contributed by atoms with Gasteiger partial charge in [0.2, 0.25) is 0 Å². The number of phenolic OH excluding ortho intramolecular Hbond substituents is 6. The van der Waals surface area contributed by atoms with Crippen LogP contribution in [0.1, 0.15) is 88.0 Å².